The largest absolute Gasteiger partial charge is 0.437 e. The van der Waals surface area contributed by atoms with E-state index in [9.17, 15) is 5.26 Å². The van der Waals surface area contributed by atoms with Crippen molar-refractivity contribution in [1.29, 1.82) is 5.26 Å². The van der Waals surface area contributed by atoms with Crippen LogP contribution in [-0.4, -0.2) is 4.98 Å². The van der Waals surface area contributed by atoms with Gasteiger partial charge in [0.25, 0.3) is 0 Å². The van der Waals surface area contributed by atoms with Crippen LogP contribution in [0.5, 0.6) is 0 Å². The molecule has 108 valence electrons. The lowest BCUT2D eigenvalue weighted by Gasteiger charge is -1.99. The molecule has 0 atom stereocenters. The molecule has 4 aromatic rings. The molecule has 0 aliphatic heterocycles. The Morgan fingerprint density at radius 1 is 0.913 bits per heavy atom. The van der Waals surface area contributed by atoms with Crippen molar-refractivity contribution >= 4 is 34.0 Å². The summed E-state index contributed by atoms with van der Waals surface area (Å²) in [5.74, 6) is 0.532. The summed E-state index contributed by atoms with van der Waals surface area (Å²) >= 11 is 0. The summed E-state index contributed by atoms with van der Waals surface area (Å²) < 4.78 is 5.79. The molecule has 4 rings (SSSR count). The van der Waals surface area contributed by atoms with Gasteiger partial charge in [-0.15, -0.1) is 0 Å². The summed E-state index contributed by atoms with van der Waals surface area (Å²) in [6, 6.07) is 21.7. The minimum atomic E-state index is 0.532. The summed E-state index contributed by atoms with van der Waals surface area (Å²) in [5.41, 5.74) is 3.10. The summed E-state index contributed by atoms with van der Waals surface area (Å²) in [5, 5.41) is 11.2. The average molecular weight is 296 g/mol. The molecule has 0 unspecified atom stereocenters. The van der Waals surface area contributed by atoms with Crippen LogP contribution < -0.4 is 0 Å². The van der Waals surface area contributed by atoms with Gasteiger partial charge in [0.05, 0.1) is 11.6 Å². The first-order valence-corrected chi connectivity index (χ1v) is 7.31. The third-order valence-electron chi connectivity index (χ3n) is 3.76. The monoisotopic (exact) mass is 296 g/mol. The molecule has 3 aromatic carbocycles. The van der Waals surface area contributed by atoms with Crippen molar-refractivity contribution in [3.8, 4) is 6.07 Å². The number of nitrogens with zero attached hydrogens (tertiary/aromatic N) is 2. The molecule has 23 heavy (non-hydrogen) atoms. The highest BCUT2D eigenvalue weighted by Gasteiger charge is 2.11. The number of rotatable bonds is 2. The molecule has 3 nitrogen and oxygen atoms in total. The second-order valence-corrected chi connectivity index (χ2v) is 5.22. The second kappa shape index (κ2) is 5.43. The molecule has 0 radical (unpaired) electrons. The van der Waals surface area contributed by atoms with Crippen molar-refractivity contribution in [2.75, 3.05) is 0 Å². The van der Waals surface area contributed by atoms with E-state index in [2.05, 4.69) is 11.1 Å². The van der Waals surface area contributed by atoms with Gasteiger partial charge in [0, 0.05) is 22.9 Å². The number of hydrogen-bond donors (Lipinski definition) is 0. The number of fused-ring (bicyclic) bond motifs is 3. The van der Waals surface area contributed by atoms with Crippen LogP contribution in [0, 0.1) is 11.3 Å². The van der Waals surface area contributed by atoms with Crippen LogP contribution in [0.1, 0.15) is 17.0 Å². The zero-order chi connectivity index (χ0) is 15.6. The minimum Gasteiger partial charge on any atom is -0.437 e. The molecule has 0 aliphatic rings. The lowest BCUT2D eigenvalue weighted by molar-refractivity contribution is 0.589. The second-order valence-electron chi connectivity index (χ2n) is 5.22. The van der Waals surface area contributed by atoms with Crippen LogP contribution in [0.15, 0.2) is 65.1 Å². The molecule has 1 heterocycles. The molecular weight excluding hydrogens is 284 g/mol. The molecule has 0 saturated heterocycles. The molecule has 0 spiro atoms. The van der Waals surface area contributed by atoms with E-state index in [0.29, 0.717) is 17.0 Å². The standard InChI is InChI=1S/C20H12N2O/c21-13-15-12-18-20(17-9-5-4-8-16(15)17)22-19(23-18)11-10-14-6-2-1-3-7-14/h1-12H. The third kappa shape index (κ3) is 2.37. The zero-order valence-corrected chi connectivity index (χ0v) is 12.2. The molecule has 0 amide bonds. The van der Waals surface area contributed by atoms with Crippen molar-refractivity contribution in [3.05, 3.63) is 77.7 Å². The van der Waals surface area contributed by atoms with Gasteiger partial charge < -0.3 is 4.42 Å². The van der Waals surface area contributed by atoms with Crippen molar-refractivity contribution < 1.29 is 4.42 Å². The molecule has 1 aromatic heterocycles. The van der Waals surface area contributed by atoms with Gasteiger partial charge in [-0.25, -0.2) is 4.98 Å². The molecule has 0 saturated carbocycles. The van der Waals surface area contributed by atoms with Crippen molar-refractivity contribution in [1.82, 2.24) is 4.98 Å². The topological polar surface area (TPSA) is 49.8 Å². The first-order valence-electron chi connectivity index (χ1n) is 7.31. The Balaban J connectivity index is 1.87. The fourth-order valence-electron chi connectivity index (χ4n) is 2.67. The predicted molar refractivity (Wildman–Crippen MR) is 91.6 cm³/mol. The van der Waals surface area contributed by atoms with Crippen molar-refractivity contribution in [2.24, 2.45) is 0 Å². The van der Waals surface area contributed by atoms with Crippen LogP contribution in [-0.2, 0) is 0 Å². The van der Waals surface area contributed by atoms with Crippen LogP contribution in [0.25, 0.3) is 34.0 Å². The smallest absolute Gasteiger partial charge is 0.220 e. The summed E-state index contributed by atoms with van der Waals surface area (Å²) in [4.78, 5) is 4.57. The van der Waals surface area contributed by atoms with Crippen molar-refractivity contribution in [3.63, 3.8) is 0 Å². The molecule has 0 fully saturated rings. The fourth-order valence-corrected chi connectivity index (χ4v) is 2.67. The number of benzene rings is 3. The van der Waals surface area contributed by atoms with E-state index in [1.54, 1.807) is 6.07 Å². The normalized spacial score (nSPS) is 11.3. The minimum absolute atomic E-state index is 0.532. The first-order chi connectivity index (χ1) is 11.3. The van der Waals surface area contributed by atoms with E-state index >= 15 is 0 Å². The highest BCUT2D eigenvalue weighted by molar-refractivity contribution is 6.06. The maximum Gasteiger partial charge on any atom is 0.220 e. The molecule has 0 N–H and O–H groups in total. The van der Waals surface area contributed by atoms with Crippen LogP contribution in [0.2, 0.25) is 0 Å². The maximum atomic E-state index is 9.33. The van der Waals surface area contributed by atoms with Crippen LogP contribution >= 0.6 is 0 Å². The van der Waals surface area contributed by atoms with Crippen LogP contribution in [0.3, 0.4) is 0 Å². The predicted octanol–water partition coefficient (Wildman–Crippen LogP) is 5.02. The zero-order valence-electron chi connectivity index (χ0n) is 12.2. The first kappa shape index (κ1) is 13.3. The Morgan fingerprint density at radius 2 is 1.65 bits per heavy atom. The lowest BCUT2D eigenvalue weighted by atomic mass is 10.0. The quantitative estimate of drug-likeness (QED) is 0.521. The number of aromatic nitrogens is 1. The Morgan fingerprint density at radius 3 is 2.43 bits per heavy atom. The Labute approximate surface area is 133 Å². The van der Waals surface area contributed by atoms with Gasteiger partial charge in [-0.3, -0.25) is 0 Å². The van der Waals surface area contributed by atoms with E-state index in [1.807, 2.05) is 66.7 Å². The Kier molecular flexibility index (Phi) is 3.14. The molecule has 0 aliphatic carbocycles. The fraction of sp³-hybridized carbons (Fsp3) is 0. The highest BCUT2D eigenvalue weighted by Crippen LogP contribution is 2.29. The number of hydrogen-bond acceptors (Lipinski definition) is 3. The Bertz CT molecular complexity index is 1070. The molecular formula is C20H12N2O. The van der Waals surface area contributed by atoms with Gasteiger partial charge in [-0.05, 0) is 11.6 Å². The third-order valence-corrected chi connectivity index (χ3v) is 3.76. The maximum absolute atomic E-state index is 9.33. The SMILES string of the molecule is N#Cc1cc2oc(C=Cc3ccccc3)nc2c2ccccc12. The van der Waals surface area contributed by atoms with Gasteiger partial charge >= 0.3 is 0 Å². The number of oxazole rings is 1. The number of nitriles is 1. The van der Waals surface area contributed by atoms with Crippen molar-refractivity contribution in [2.45, 2.75) is 0 Å². The van der Waals surface area contributed by atoms with E-state index in [-0.39, 0.29) is 0 Å². The van der Waals surface area contributed by atoms with Gasteiger partial charge in [-0.1, -0.05) is 54.6 Å². The lowest BCUT2D eigenvalue weighted by Crippen LogP contribution is -1.81. The molecule has 3 heteroatoms. The Hall–Kier alpha value is -3.38. The van der Waals surface area contributed by atoms with E-state index in [1.165, 1.54) is 0 Å². The van der Waals surface area contributed by atoms with E-state index < -0.39 is 0 Å². The van der Waals surface area contributed by atoms with Gasteiger partial charge in [0.15, 0.2) is 5.58 Å². The highest BCUT2D eigenvalue weighted by atomic mass is 16.3. The average Bonchev–Trinajstić information content (AvgIpc) is 3.03. The van der Waals surface area contributed by atoms with E-state index in [0.717, 1.165) is 21.9 Å². The summed E-state index contributed by atoms with van der Waals surface area (Å²) in [6.45, 7) is 0. The molecule has 0 bridgehead atoms. The van der Waals surface area contributed by atoms with E-state index in [4.69, 9.17) is 4.42 Å². The van der Waals surface area contributed by atoms with Gasteiger partial charge in [0.1, 0.15) is 5.52 Å². The summed E-state index contributed by atoms with van der Waals surface area (Å²) in [7, 11) is 0. The van der Waals surface area contributed by atoms with Gasteiger partial charge in [-0.2, -0.15) is 5.26 Å². The van der Waals surface area contributed by atoms with Gasteiger partial charge in [0.2, 0.25) is 5.89 Å². The summed E-state index contributed by atoms with van der Waals surface area (Å²) in [6.07, 6.45) is 3.80. The van der Waals surface area contributed by atoms with Crippen LogP contribution in [0.4, 0.5) is 0 Å².